The van der Waals surface area contributed by atoms with Gasteiger partial charge in [-0.05, 0) is 54.6 Å². The number of benzene rings is 2. The minimum absolute atomic E-state index is 0.0347. The van der Waals surface area contributed by atoms with Crippen molar-refractivity contribution in [3.63, 3.8) is 0 Å². The van der Waals surface area contributed by atoms with Crippen LogP contribution in [-0.2, 0) is 6.18 Å². The molecule has 0 radical (unpaired) electrons. The number of pyridine rings is 1. The van der Waals surface area contributed by atoms with Crippen molar-refractivity contribution in [1.82, 2.24) is 4.98 Å². The van der Waals surface area contributed by atoms with Crippen molar-refractivity contribution in [3.05, 3.63) is 75.8 Å². The van der Waals surface area contributed by atoms with Crippen LogP contribution < -0.4 is 0 Å². The maximum absolute atomic E-state index is 13.0. The fourth-order valence-electron chi connectivity index (χ4n) is 3.01. The van der Waals surface area contributed by atoms with Gasteiger partial charge < -0.3 is 9.52 Å². The smallest absolute Gasteiger partial charge is 0.416 e. The molecule has 0 aliphatic rings. The van der Waals surface area contributed by atoms with E-state index in [9.17, 15) is 23.1 Å². The molecule has 30 heavy (non-hydrogen) atoms. The third-order valence-corrected chi connectivity index (χ3v) is 4.98. The van der Waals surface area contributed by atoms with E-state index in [1.165, 1.54) is 24.3 Å². The fraction of sp³-hybridized carbons (Fsp3) is 0.0476. The molecule has 0 bridgehead atoms. The number of rotatable bonds is 3. The van der Waals surface area contributed by atoms with Gasteiger partial charge in [0.1, 0.15) is 11.5 Å². The van der Waals surface area contributed by atoms with Crippen molar-refractivity contribution < 1.29 is 27.5 Å². The van der Waals surface area contributed by atoms with Crippen LogP contribution in [0.1, 0.15) is 15.9 Å². The van der Waals surface area contributed by atoms with E-state index in [-0.39, 0.29) is 33.4 Å². The predicted octanol–water partition coefficient (Wildman–Crippen LogP) is 7.19. The zero-order valence-electron chi connectivity index (χ0n) is 14.8. The minimum atomic E-state index is -4.54. The Labute approximate surface area is 177 Å². The molecule has 2 heterocycles. The van der Waals surface area contributed by atoms with Crippen molar-refractivity contribution >= 4 is 40.1 Å². The monoisotopic (exact) mass is 451 g/mol. The number of halogens is 5. The Balaban J connectivity index is 1.83. The number of carboxylic acid groups (broad SMARTS) is 1. The van der Waals surface area contributed by atoms with E-state index in [1.807, 2.05) is 0 Å². The number of aromatic nitrogens is 1. The number of furan rings is 1. The number of aromatic carboxylic acids is 1. The van der Waals surface area contributed by atoms with Gasteiger partial charge in [0.2, 0.25) is 0 Å². The lowest BCUT2D eigenvalue weighted by Crippen LogP contribution is -2.04. The summed E-state index contributed by atoms with van der Waals surface area (Å²) < 4.78 is 44.8. The van der Waals surface area contributed by atoms with E-state index in [0.29, 0.717) is 15.9 Å². The molecule has 2 aromatic carbocycles. The number of alkyl halides is 3. The Kier molecular flexibility index (Phi) is 4.95. The topological polar surface area (TPSA) is 63.3 Å². The Hall–Kier alpha value is -3.03. The van der Waals surface area contributed by atoms with Crippen molar-refractivity contribution in [1.29, 1.82) is 0 Å². The van der Waals surface area contributed by atoms with Crippen molar-refractivity contribution in [2.24, 2.45) is 0 Å². The summed E-state index contributed by atoms with van der Waals surface area (Å²) in [4.78, 5) is 16.1. The molecule has 2 aromatic heterocycles. The first-order valence-electron chi connectivity index (χ1n) is 8.44. The molecule has 0 aliphatic carbocycles. The number of fused-ring (bicyclic) bond motifs is 1. The molecule has 1 N–H and O–H groups in total. The third-order valence-electron chi connectivity index (χ3n) is 4.42. The van der Waals surface area contributed by atoms with Crippen LogP contribution in [0.15, 0.2) is 59.0 Å². The molecule has 0 spiro atoms. The number of carboxylic acids is 1. The van der Waals surface area contributed by atoms with Crippen molar-refractivity contribution in [2.45, 2.75) is 6.18 Å². The minimum Gasteiger partial charge on any atom is -0.478 e. The van der Waals surface area contributed by atoms with Crippen LogP contribution in [-0.4, -0.2) is 16.1 Å². The second-order valence-corrected chi connectivity index (χ2v) is 7.22. The molecule has 0 aliphatic heterocycles. The highest BCUT2D eigenvalue weighted by atomic mass is 35.5. The molecule has 0 saturated carbocycles. The van der Waals surface area contributed by atoms with Crippen LogP contribution in [0.3, 0.4) is 0 Å². The largest absolute Gasteiger partial charge is 0.478 e. The summed E-state index contributed by atoms with van der Waals surface area (Å²) in [7, 11) is 0. The lowest BCUT2D eigenvalue weighted by atomic mass is 10.1. The number of hydrogen-bond donors (Lipinski definition) is 1. The van der Waals surface area contributed by atoms with E-state index in [2.05, 4.69) is 4.98 Å². The van der Waals surface area contributed by atoms with Gasteiger partial charge in [0.05, 0.1) is 21.7 Å². The second kappa shape index (κ2) is 7.34. The maximum atomic E-state index is 13.0. The highest BCUT2D eigenvalue weighted by molar-refractivity contribution is 6.33. The summed E-state index contributed by atoms with van der Waals surface area (Å²) in [6.07, 6.45) is -4.54. The van der Waals surface area contributed by atoms with Gasteiger partial charge in [0.25, 0.3) is 0 Å². The van der Waals surface area contributed by atoms with Gasteiger partial charge in [-0.25, -0.2) is 9.78 Å². The molecule has 0 amide bonds. The zero-order chi connectivity index (χ0) is 21.6. The molecule has 0 unspecified atom stereocenters. The summed E-state index contributed by atoms with van der Waals surface area (Å²) in [6, 6.07) is 11.8. The highest BCUT2D eigenvalue weighted by Gasteiger charge is 2.31. The number of hydrogen-bond acceptors (Lipinski definition) is 3. The van der Waals surface area contributed by atoms with Gasteiger partial charge in [-0.3, -0.25) is 0 Å². The van der Waals surface area contributed by atoms with Crippen LogP contribution in [0.25, 0.3) is 33.7 Å². The molecule has 0 saturated heterocycles. The first kappa shape index (κ1) is 20.3. The first-order chi connectivity index (χ1) is 14.1. The average molecular weight is 452 g/mol. The predicted molar refractivity (Wildman–Crippen MR) is 107 cm³/mol. The second-order valence-electron chi connectivity index (χ2n) is 6.38. The third kappa shape index (κ3) is 3.74. The Morgan fingerprint density at radius 1 is 0.967 bits per heavy atom. The first-order valence-corrected chi connectivity index (χ1v) is 9.20. The van der Waals surface area contributed by atoms with Gasteiger partial charge in [-0.1, -0.05) is 23.2 Å². The molecule has 4 rings (SSSR count). The lowest BCUT2D eigenvalue weighted by molar-refractivity contribution is -0.137. The fourth-order valence-corrected chi connectivity index (χ4v) is 3.39. The quantitative estimate of drug-likeness (QED) is 0.358. The van der Waals surface area contributed by atoms with E-state index in [1.54, 1.807) is 12.1 Å². The molecule has 4 aromatic rings. The molecule has 0 atom stereocenters. The Bertz CT molecular complexity index is 1300. The van der Waals surface area contributed by atoms with E-state index >= 15 is 0 Å². The van der Waals surface area contributed by atoms with Crippen molar-refractivity contribution in [2.75, 3.05) is 0 Å². The average Bonchev–Trinajstić information content (AvgIpc) is 3.16. The Morgan fingerprint density at radius 2 is 1.70 bits per heavy atom. The summed E-state index contributed by atoms with van der Waals surface area (Å²) in [5, 5.41) is 10.3. The van der Waals surface area contributed by atoms with Crippen LogP contribution in [0.4, 0.5) is 13.2 Å². The maximum Gasteiger partial charge on any atom is 0.416 e. The summed E-state index contributed by atoms with van der Waals surface area (Å²) in [5.41, 5.74) is -0.258. The molecular weight excluding hydrogens is 442 g/mol. The highest BCUT2D eigenvalue weighted by Crippen LogP contribution is 2.38. The summed E-state index contributed by atoms with van der Waals surface area (Å²) in [6.45, 7) is 0. The SMILES string of the molecule is O=C(O)c1cc(-c2ccc(-c3cc(C(F)(F)F)ccc3Cl)o2)nc2ccc(Cl)cc12. The van der Waals surface area contributed by atoms with Crippen LogP contribution >= 0.6 is 23.2 Å². The normalized spacial score (nSPS) is 11.8. The molecular formula is C21H10Cl2F3NO3. The molecule has 0 fully saturated rings. The van der Waals surface area contributed by atoms with Crippen LogP contribution in [0.2, 0.25) is 10.0 Å². The molecule has 9 heteroatoms. The summed E-state index contributed by atoms with van der Waals surface area (Å²) >= 11 is 12.0. The lowest BCUT2D eigenvalue weighted by Gasteiger charge is -2.09. The molecule has 152 valence electrons. The molecule has 4 nitrogen and oxygen atoms in total. The van der Waals surface area contributed by atoms with E-state index < -0.39 is 17.7 Å². The van der Waals surface area contributed by atoms with E-state index in [0.717, 1.165) is 18.2 Å². The van der Waals surface area contributed by atoms with Gasteiger partial charge in [0.15, 0.2) is 5.76 Å². The van der Waals surface area contributed by atoms with E-state index in [4.69, 9.17) is 27.6 Å². The Morgan fingerprint density at radius 3 is 2.40 bits per heavy atom. The van der Waals surface area contributed by atoms with Gasteiger partial charge in [-0.15, -0.1) is 0 Å². The van der Waals surface area contributed by atoms with Crippen LogP contribution in [0.5, 0.6) is 0 Å². The van der Waals surface area contributed by atoms with Gasteiger partial charge >= 0.3 is 12.1 Å². The van der Waals surface area contributed by atoms with Gasteiger partial charge in [-0.2, -0.15) is 13.2 Å². The van der Waals surface area contributed by atoms with Crippen LogP contribution in [0, 0.1) is 0 Å². The van der Waals surface area contributed by atoms with Gasteiger partial charge in [0, 0.05) is 16.0 Å². The zero-order valence-corrected chi connectivity index (χ0v) is 16.3. The number of nitrogens with zero attached hydrogens (tertiary/aromatic N) is 1. The summed E-state index contributed by atoms with van der Waals surface area (Å²) in [5.74, 6) is -0.910. The van der Waals surface area contributed by atoms with Crippen molar-refractivity contribution in [3.8, 4) is 22.8 Å². The number of carbonyl (C=O) groups is 1. The standard InChI is InChI=1S/C21H10Cl2F3NO3/c22-11-2-4-16-12(8-11)13(20(28)29)9-17(27-16)19-6-5-18(30-19)14-7-10(21(24,25)26)1-3-15(14)23/h1-9H,(H,28,29).